The van der Waals surface area contributed by atoms with Crippen LogP contribution in [0.25, 0.3) is 0 Å². The maximum Gasteiger partial charge on any atom is 0.242 e. The zero-order valence-electron chi connectivity index (χ0n) is 18.2. The van der Waals surface area contributed by atoms with Crippen molar-refractivity contribution in [2.24, 2.45) is 17.3 Å². The van der Waals surface area contributed by atoms with E-state index in [0.717, 1.165) is 32.1 Å². The third-order valence-electron chi connectivity index (χ3n) is 7.92. The Balaban J connectivity index is 1.31. The van der Waals surface area contributed by atoms with Crippen LogP contribution < -0.4 is 5.32 Å². The van der Waals surface area contributed by atoms with Gasteiger partial charge in [-0.25, -0.2) is 9.67 Å². The van der Waals surface area contributed by atoms with Crippen molar-refractivity contribution in [1.29, 1.82) is 0 Å². The summed E-state index contributed by atoms with van der Waals surface area (Å²) < 4.78 is 1.92. The fourth-order valence-electron chi connectivity index (χ4n) is 7.01. The van der Waals surface area contributed by atoms with Crippen molar-refractivity contribution in [3.63, 3.8) is 0 Å². The average molecular weight is 461 g/mol. The standard InChI is InChI=1S/C26H25ClN4O2/c27-24-28-16-31(30-24)26-13-17-10-18(14-26)12-25(11-17,15-26)23(33)29-21-9-5-4-8-20(21)22(32)19-6-2-1-3-7-19/h1-9,16-18H,10-15H2,(H,29,33). The highest BCUT2D eigenvalue weighted by atomic mass is 35.5. The van der Waals surface area contributed by atoms with Crippen LogP contribution in [0.4, 0.5) is 5.69 Å². The lowest BCUT2D eigenvalue weighted by atomic mass is 9.46. The first kappa shape index (κ1) is 20.6. The number of aromatic nitrogens is 3. The predicted octanol–water partition coefficient (Wildman–Crippen LogP) is 5.10. The van der Waals surface area contributed by atoms with E-state index < -0.39 is 5.41 Å². The Labute approximate surface area is 197 Å². The van der Waals surface area contributed by atoms with Crippen LogP contribution in [0, 0.1) is 17.3 Å². The van der Waals surface area contributed by atoms with Crippen LogP contribution in [0.15, 0.2) is 60.9 Å². The molecular weight excluding hydrogens is 436 g/mol. The van der Waals surface area contributed by atoms with Gasteiger partial charge in [-0.2, -0.15) is 0 Å². The van der Waals surface area contributed by atoms with Crippen molar-refractivity contribution in [1.82, 2.24) is 14.8 Å². The molecule has 1 aromatic heterocycles. The molecule has 7 rings (SSSR count). The average Bonchev–Trinajstić information content (AvgIpc) is 3.26. The first-order chi connectivity index (χ1) is 16.0. The molecule has 0 saturated heterocycles. The van der Waals surface area contributed by atoms with Crippen molar-refractivity contribution in [2.45, 2.75) is 44.1 Å². The zero-order valence-corrected chi connectivity index (χ0v) is 19.0. The van der Waals surface area contributed by atoms with Crippen molar-refractivity contribution >= 4 is 29.0 Å². The van der Waals surface area contributed by atoms with Crippen molar-refractivity contribution in [3.8, 4) is 0 Å². The number of para-hydroxylation sites is 1. The van der Waals surface area contributed by atoms with E-state index in [9.17, 15) is 9.59 Å². The number of amides is 1. The predicted molar refractivity (Wildman–Crippen MR) is 125 cm³/mol. The Morgan fingerprint density at radius 1 is 0.970 bits per heavy atom. The quantitative estimate of drug-likeness (QED) is 0.537. The highest BCUT2D eigenvalue weighted by Gasteiger charge is 2.61. The van der Waals surface area contributed by atoms with Crippen molar-refractivity contribution in [2.75, 3.05) is 5.32 Å². The van der Waals surface area contributed by atoms with E-state index in [2.05, 4.69) is 15.4 Å². The number of carbonyl (C=O) groups is 2. The molecular formula is C26H25ClN4O2. The number of carbonyl (C=O) groups excluding carboxylic acids is 2. The topological polar surface area (TPSA) is 76.9 Å². The Hall–Kier alpha value is -2.99. The molecule has 2 aromatic carbocycles. The summed E-state index contributed by atoms with van der Waals surface area (Å²) in [7, 11) is 0. The van der Waals surface area contributed by atoms with Crippen LogP contribution in [0.2, 0.25) is 5.28 Å². The minimum atomic E-state index is -0.467. The van der Waals surface area contributed by atoms with Gasteiger partial charge in [0.1, 0.15) is 6.33 Å². The number of halogens is 1. The van der Waals surface area contributed by atoms with E-state index in [4.69, 9.17) is 11.6 Å². The number of rotatable bonds is 5. The molecule has 0 aliphatic heterocycles. The van der Waals surface area contributed by atoms with Gasteiger partial charge in [0.25, 0.3) is 0 Å². The van der Waals surface area contributed by atoms with Gasteiger partial charge in [0, 0.05) is 11.1 Å². The van der Waals surface area contributed by atoms with Gasteiger partial charge in [-0.3, -0.25) is 9.59 Å². The molecule has 1 heterocycles. The molecule has 7 heteroatoms. The highest BCUT2D eigenvalue weighted by Crippen LogP contribution is 2.64. The molecule has 2 atom stereocenters. The zero-order chi connectivity index (χ0) is 22.6. The third-order valence-corrected chi connectivity index (χ3v) is 8.09. The van der Waals surface area contributed by atoms with E-state index in [1.54, 1.807) is 24.5 Å². The summed E-state index contributed by atoms with van der Waals surface area (Å²) >= 11 is 6.05. The van der Waals surface area contributed by atoms with Gasteiger partial charge in [-0.1, -0.05) is 42.5 Å². The molecule has 0 spiro atoms. The minimum Gasteiger partial charge on any atom is -0.325 e. The smallest absolute Gasteiger partial charge is 0.242 e. The SMILES string of the molecule is O=C(c1ccccc1)c1ccccc1NC(=O)C12CC3CC(C1)CC(n1cnc(Cl)n1)(C3)C2. The van der Waals surface area contributed by atoms with Gasteiger partial charge in [-0.05, 0) is 74.1 Å². The van der Waals surface area contributed by atoms with E-state index >= 15 is 0 Å². The summed E-state index contributed by atoms with van der Waals surface area (Å²) in [6.45, 7) is 0. The second kappa shape index (κ2) is 7.52. The molecule has 4 aliphatic carbocycles. The van der Waals surface area contributed by atoms with E-state index in [0.29, 0.717) is 28.7 Å². The molecule has 3 aromatic rings. The third kappa shape index (κ3) is 3.39. The maximum absolute atomic E-state index is 13.9. The lowest BCUT2D eigenvalue weighted by molar-refractivity contribution is -0.150. The summed E-state index contributed by atoms with van der Waals surface area (Å²) in [6.07, 6.45) is 7.41. The number of nitrogens with one attached hydrogen (secondary N) is 1. The molecule has 1 N–H and O–H groups in total. The number of nitrogens with zero attached hydrogens (tertiary/aromatic N) is 3. The highest BCUT2D eigenvalue weighted by molar-refractivity contribution is 6.28. The molecule has 4 bridgehead atoms. The number of benzene rings is 2. The molecule has 0 radical (unpaired) electrons. The first-order valence-electron chi connectivity index (χ1n) is 11.5. The van der Waals surface area contributed by atoms with Crippen molar-refractivity contribution in [3.05, 3.63) is 77.3 Å². The fraction of sp³-hybridized carbons (Fsp3) is 0.385. The fourth-order valence-corrected chi connectivity index (χ4v) is 7.13. The Morgan fingerprint density at radius 2 is 1.67 bits per heavy atom. The van der Waals surface area contributed by atoms with Gasteiger partial charge in [0.2, 0.25) is 11.2 Å². The molecule has 33 heavy (non-hydrogen) atoms. The van der Waals surface area contributed by atoms with E-state index in [1.165, 1.54) is 6.42 Å². The Kier molecular flexibility index (Phi) is 4.70. The number of ketones is 1. The second-order valence-electron chi connectivity index (χ2n) is 10.1. The lowest BCUT2D eigenvalue weighted by Gasteiger charge is -2.60. The van der Waals surface area contributed by atoms with Gasteiger partial charge >= 0.3 is 0 Å². The van der Waals surface area contributed by atoms with Crippen LogP contribution in [-0.4, -0.2) is 26.5 Å². The van der Waals surface area contributed by atoms with Crippen LogP contribution in [0.3, 0.4) is 0 Å². The summed E-state index contributed by atoms with van der Waals surface area (Å²) in [5.41, 5.74) is 1.02. The normalized spacial score (nSPS) is 29.7. The Bertz CT molecular complexity index is 1220. The van der Waals surface area contributed by atoms with Crippen LogP contribution in [0.1, 0.15) is 54.4 Å². The first-order valence-corrected chi connectivity index (χ1v) is 11.9. The van der Waals surface area contributed by atoms with E-state index in [1.807, 2.05) is 41.1 Å². The summed E-state index contributed by atoms with van der Waals surface area (Å²) in [5.74, 6) is 0.897. The molecule has 6 nitrogen and oxygen atoms in total. The van der Waals surface area contributed by atoms with Gasteiger partial charge < -0.3 is 5.32 Å². The number of hydrogen-bond donors (Lipinski definition) is 1. The lowest BCUT2D eigenvalue weighted by Crippen LogP contribution is -2.60. The molecule has 4 saturated carbocycles. The molecule has 4 fully saturated rings. The molecule has 1 amide bonds. The van der Waals surface area contributed by atoms with Crippen molar-refractivity contribution < 1.29 is 9.59 Å². The van der Waals surface area contributed by atoms with E-state index in [-0.39, 0.29) is 22.5 Å². The molecule has 2 unspecified atom stereocenters. The summed E-state index contributed by atoms with van der Waals surface area (Å²) in [4.78, 5) is 31.2. The van der Waals surface area contributed by atoms with Gasteiger partial charge in [0.05, 0.1) is 16.6 Å². The monoisotopic (exact) mass is 460 g/mol. The minimum absolute atomic E-state index is 0.0144. The largest absolute Gasteiger partial charge is 0.325 e. The number of hydrogen-bond acceptors (Lipinski definition) is 4. The van der Waals surface area contributed by atoms with Crippen LogP contribution in [-0.2, 0) is 10.3 Å². The number of anilines is 1. The summed E-state index contributed by atoms with van der Waals surface area (Å²) in [6, 6.07) is 16.5. The van der Waals surface area contributed by atoms with Gasteiger partial charge in [0.15, 0.2) is 5.78 Å². The summed E-state index contributed by atoms with van der Waals surface area (Å²) in [5, 5.41) is 7.85. The maximum atomic E-state index is 13.9. The molecule has 168 valence electrons. The second-order valence-corrected chi connectivity index (χ2v) is 10.5. The van der Waals surface area contributed by atoms with Crippen LogP contribution >= 0.6 is 11.6 Å². The molecule has 4 aliphatic rings. The Morgan fingerprint density at radius 3 is 2.36 bits per heavy atom. The van der Waals surface area contributed by atoms with Crippen LogP contribution in [0.5, 0.6) is 0 Å². The van der Waals surface area contributed by atoms with Gasteiger partial charge in [-0.15, -0.1) is 5.10 Å².